The highest BCUT2D eigenvalue weighted by Gasteiger charge is 2.31. The number of aliphatic imine (C=N–C) groups is 1. The normalized spacial score (nSPS) is 15.4. The SMILES string of the molecule is CC(=O)Nc1ccc2c(c1)Nc1cc(C(=O)N3CCN(C(c4ccccc4)c4nnn(C)n4)CC3)ncc1C=N2. The second-order valence-electron chi connectivity index (χ2n) is 9.73. The molecule has 2 aliphatic heterocycles. The quantitative estimate of drug-likeness (QED) is 0.350. The molecule has 202 valence electrons. The summed E-state index contributed by atoms with van der Waals surface area (Å²) >= 11 is 0. The summed E-state index contributed by atoms with van der Waals surface area (Å²) in [6, 6.07) is 17.2. The van der Waals surface area contributed by atoms with Gasteiger partial charge in [-0.25, -0.2) is 0 Å². The van der Waals surface area contributed by atoms with Crippen LogP contribution in [0, 0.1) is 0 Å². The van der Waals surface area contributed by atoms with Gasteiger partial charge in [0.25, 0.3) is 5.91 Å². The predicted molar refractivity (Wildman–Crippen MR) is 150 cm³/mol. The minimum absolute atomic E-state index is 0.133. The number of aryl methyl sites for hydroxylation is 1. The monoisotopic (exact) mass is 536 g/mol. The van der Waals surface area contributed by atoms with Crippen molar-refractivity contribution in [2.75, 3.05) is 36.8 Å². The van der Waals surface area contributed by atoms with Gasteiger partial charge in [0.05, 0.1) is 30.2 Å². The summed E-state index contributed by atoms with van der Waals surface area (Å²) in [5, 5.41) is 18.9. The molecule has 1 unspecified atom stereocenters. The van der Waals surface area contributed by atoms with Crippen LogP contribution in [-0.2, 0) is 11.8 Å². The number of benzene rings is 2. The molecule has 6 rings (SSSR count). The number of piperazine rings is 1. The maximum absolute atomic E-state index is 13.5. The molecule has 2 amide bonds. The van der Waals surface area contributed by atoms with E-state index in [1.165, 1.54) is 11.7 Å². The van der Waals surface area contributed by atoms with E-state index in [2.05, 4.69) is 53.1 Å². The number of amides is 2. The Balaban J connectivity index is 1.18. The second kappa shape index (κ2) is 10.7. The van der Waals surface area contributed by atoms with Crippen LogP contribution in [-0.4, -0.2) is 79.2 Å². The third kappa shape index (κ3) is 5.16. The van der Waals surface area contributed by atoms with Crippen molar-refractivity contribution in [3.8, 4) is 0 Å². The van der Waals surface area contributed by atoms with Crippen molar-refractivity contribution in [3.63, 3.8) is 0 Å². The number of hydrogen-bond donors (Lipinski definition) is 2. The van der Waals surface area contributed by atoms with Crippen molar-refractivity contribution in [1.29, 1.82) is 0 Å². The largest absolute Gasteiger partial charge is 0.353 e. The molecule has 2 aromatic heterocycles. The van der Waals surface area contributed by atoms with Crippen molar-refractivity contribution in [1.82, 2.24) is 35.0 Å². The number of carbonyl (C=O) groups excluding carboxylic acids is 2. The smallest absolute Gasteiger partial charge is 0.272 e. The Morgan fingerprint density at radius 1 is 1.00 bits per heavy atom. The van der Waals surface area contributed by atoms with Crippen molar-refractivity contribution in [3.05, 3.63) is 83.4 Å². The van der Waals surface area contributed by atoms with E-state index in [0.29, 0.717) is 43.4 Å². The highest BCUT2D eigenvalue weighted by molar-refractivity contribution is 5.99. The molecule has 0 aliphatic carbocycles. The maximum Gasteiger partial charge on any atom is 0.272 e. The molecular formula is C28H28N10O2. The van der Waals surface area contributed by atoms with Gasteiger partial charge >= 0.3 is 0 Å². The zero-order chi connectivity index (χ0) is 27.6. The maximum atomic E-state index is 13.5. The molecule has 1 atom stereocenters. The molecule has 0 bridgehead atoms. The fourth-order valence-corrected chi connectivity index (χ4v) is 5.02. The number of carbonyl (C=O) groups is 2. The summed E-state index contributed by atoms with van der Waals surface area (Å²) in [4.78, 5) is 39.6. The van der Waals surface area contributed by atoms with Gasteiger partial charge in [0.2, 0.25) is 5.91 Å². The van der Waals surface area contributed by atoms with Crippen molar-refractivity contribution in [2.24, 2.45) is 12.0 Å². The molecule has 2 aromatic carbocycles. The lowest BCUT2D eigenvalue weighted by Gasteiger charge is -2.38. The van der Waals surface area contributed by atoms with Crippen LogP contribution < -0.4 is 10.6 Å². The van der Waals surface area contributed by atoms with Crippen LogP contribution in [0.4, 0.5) is 22.7 Å². The zero-order valence-corrected chi connectivity index (χ0v) is 22.2. The molecule has 4 aromatic rings. The molecule has 1 saturated heterocycles. The molecule has 1 fully saturated rings. The van der Waals surface area contributed by atoms with Gasteiger partial charge in [-0.15, -0.1) is 10.2 Å². The predicted octanol–water partition coefficient (Wildman–Crippen LogP) is 2.92. The number of pyridine rings is 1. The first-order valence-electron chi connectivity index (χ1n) is 13.0. The molecule has 0 saturated carbocycles. The number of nitrogens with zero attached hydrogens (tertiary/aromatic N) is 8. The molecule has 12 nitrogen and oxygen atoms in total. The van der Waals surface area contributed by atoms with Crippen LogP contribution in [0.3, 0.4) is 0 Å². The summed E-state index contributed by atoms with van der Waals surface area (Å²) in [6.07, 6.45) is 3.37. The van der Waals surface area contributed by atoms with E-state index >= 15 is 0 Å². The molecular weight excluding hydrogens is 508 g/mol. The van der Waals surface area contributed by atoms with E-state index in [1.54, 1.807) is 31.6 Å². The first-order valence-corrected chi connectivity index (χ1v) is 13.0. The fraction of sp³-hybridized carbons (Fsp3) is 0.250. The van der Waals surface area contributed by atoms with Gasteiger partial charge in [0, 0.05) is 56.8 Å². The Morgan fingerprint density at radius 3 is 2.52 bits per heavy atom. The minimum atomic E-state index is -0.155. The Hall–Kier alpha value is -4.97. The van der Waals surface area contributed by atoms with Crippen LogP contribution in [0.1, 0.15) is 40.4 Å². The van der Waals surface area contributed by atoms with Crippen molar-refractivity contribution in [2.45, 2.75) is 13.0 Å². The lowest BCUT2D eigenvalue weighted by molar-refractivity contribution is -0.114. The molecule has 0 radical (unpaired) electrons. The van der Waals surface area contributed by atoms with Gasteiger partial charge in [-0.1, -0.05) is 30.3 Å². The number of tetrazole rings is 1. The molecule has 2 N–H and O–H groups in total. The van der Waals surface area contributed by atoms with E-state index in [-0.39, 0.29) is 17.9 Å². The van der Waals surface area contributed by atoms with Crippen LogP contribution in [0.5, 0.6) is 0 Å². The number of hydrogen-bond acceptors (Lipinski definition) is 9. The lowest BCUT2D eigenvalue weighted by Crippen LogP contribution is -2.50. The number of aromatic nitrogens is 5. The third-order valence-electron chi connectivity index (χ3n) is 6.93. The third-order valence-corrected chi connectivity index (χ3v) is 6.93. The first-order chi connectivity index (χ1) is 19.4. The van der Waals surface area contributed by atoms with E-state index in [9.17, 15) is 9.59 Å². The number of fused-ring (bicyclic) bond motifs is 2. The van der Waals surface area contributed by atoms with Gasteiger partial charge in [-0.3, -0.25) is 24.5 Å². The molecule has 40 heavy (non-hydrogen) atoms. The average molecular weight is 537 g/mol. The molecule has 12 heteroatoms. The van der Waals surface area contributed by atoms with Gasteiger partial charge in [-0.2, -0.15) is 4.80 Å². The molecule has 0 spiro atoms. The number of nitrogens with one attached hydrogen (secondary N) is 2. The van der Waals surface area contributed by atoms with Gasteiger partial charge < -0.3 is 15.5 Å². The number of rotatable bonds is 5. The second-order valence-corrected chi connectivity index (χ2v) is 9.73. The van der Waals surface area contributed by atoms with E-state index in [0.717, 1.165) is 28.2 Å². The van der Waals surface area contributed by atoms with Crippen LogP contribution >= 0.6 is 0 Å². The summed E-state index contributed by atoms with van der Waals surface area (Å²) in [5.41, 5.74) is 5.02. The fourth-order valence-electron chi connectivity index (χ4n) is 5.02. The average Bonchev–Trinajstić information content (AvgIpc) is 3.29. The highest BCUT2D eigenvalue weighted by atomic mass is 16.2. The molecule has 4 heterocycles. The zero-order valence-electron chi connectivity index (χ0n) is 22.2. The van der Waals surface area contributed by atoms with Crippen LogP contribution in [0.2, 0.25) is 0 Å². The highest BCUT2D eigenvalue weighted by Crippen LogP contribution is 2.35. The van der Waals surface area contributed by atoms with E-state index < -0.39 is 0 Å². The van der Waals surface area contributed by atoms with Gasteiger partial charge in [-0.05, 0) is 35.0 Å². The van der Waals surface area contributed by atoms with E-state index in [4.69, 9.17) is 0 Å². The van der Waals surface area contributed by atoms with Crippen molar-refractivity contribution < 1.29 is 9.59 Å². The molecule has 2 aliphatic rings. The lowest BCUT2D eigenvalue weighted by atomic mass is 10.0. The van der Waals surface area contributed by atoms with E-state index in [1.807, 2.05) is 35.2 Å². The summed E-state index contributed by atoms with van der Waals surface area (Å²) in [6.45, 7) is 3.85. The van der Waals surface area contributed by atoms with Gasteiger partial charge in [0.15, 0.2) is 5.82 Å². The van der Waals surface area contributed by atoms with Crippen LogP contribution in [0.25, 0.3) is 0 Å². The van der Waals surface area contributed by atoms with Crippen LogP contribution in [0.15, 0.2) is 65.8 Å². The number of anilines is 3. The Morgan fingerprint density at radius 2 is 1.80 bits per heavy atom. The van der Waals surface area contributed by atoms with Gasteiger partial charge in [0.1, 0.15) is 5.69 Å². The summed E-state index contributed by atoms with van der Waals surface area (Å²) in [7, 11) is 1.75. The standard InChI is InChI=1S/C28H28N10O2/c1-18(39)31-21-8-9-22-24(14-21)32-23-15-25(30-17-20(23)16-29-22)28(40)38-12-10-37(11-13-38)26(19-6-4-3-5-7-19)27-33-35-36(2)34-27/h3-9,14-17,26,32H,10-13H2,1-2H3,(H,31,39). The Labute approximate surface area is 230 Å². The Bertz CT molecular complexity index is 1590. The minimum Gasteiger partial charge on any atom is -0.353 e. The van der Waals surface area contributed by atoms with Crippen molar-refractivity contribution >= 4 is 40.8 Å². The topological polar surface area (TPSA) is 134 Å². The Kier molecular flexibility index (Phi) is 6.74. The summed E-state index contributed by atoms with van der Waals surface area (Å²) < 4.78 is 0. The summed E-state index contributed by atoms with van der Waals surface area (Å²) in [5.74, 6) is 0.347. The first kappa shape index (κ1) is 25.3.